The van der Waals surface area contributed by atoms with E-state index < -0.39 is 0 Å². The van der Waals surface area contributed by atoms with Gasteiger partial charge in [-0.3, -0.25) is 4.79 Å². The standard InChI is InChI=1S/C17H19N3O2/c1-13(21)22-12-14-5-4-6-16(11-14)19-18-15-7-9-17(10-8-15)20(2)3/h4-11H,12H2,1-3H3. The molecule has 0 heterocycles. The average Bonchev–Trinajstić information content (AvgIpc) is 2.52. The second-order valence-corrected chi connectivity index (χ2v) is 5.06. The lowest BCUT2D eigenvalue weighted by atomic mass is 10.2. The van der Waals surface area contributed by atoms with Gasteiger partial charge in [0.15, 0.2) is 0 Å². The Bertz CT molecular complexity index is 664. The van der Waals surface area contributed by atoms with Crippen LogP contribution in [0.5, 0.6) is 0 Å². The van der Waals surface area contributed by atoms with Crippen molar-refractivity contribution < 1.29 is 9.53 Å². The van der Waals surface area contributed by atoms with Gasteiger partial charge >= 0.3 is 5.97 Å². The normalized spacial score (nSPS) is 10.7. The van der Waals surface area contributed by atoms with Gasteiger partial charge in [0.2, 0.25) is 0 Å². The molecule has 0 bridgehead atoms. The molecule has 5 heteroatoms. The molecule has 0 spiro atoms. The Kier molecular flexibility index (Phi) is 5.25. The molecule has 0 fully saturated rings. The molecule has 2 aromatic rings. The second kappa shape index (κ2) is 7.36. The van der Waals surface area contributed by atoms with Crippen molar-refractivity contribution in [2.24, 2.45) is 10.2 Å². The average molecular weight is 297 g/mol. The van der Waals surface area contributed by atoms with E-state index in [1.54, 1.807) is 0 Å². The molecule has 0 aliphatic rings. The van der Waals surface area contributed by atoms with Crippen molar-refractivity contribution in [2.75, 3.05) is 19.0 Å². The summed E-state index contributed by atoms with van der Waals surface area (Å²) in [6, 6.07) is 15.3. The third-order valence-electron chi connectivity index (χ3n) is 3.00. The lowest BCUT2D eigenvalue weighted by Gasteiger charge is -2.11. The number of esters is 1. The van der Waals surface area contributed by atoms with E-state index in [0.29, 0.717) is 0 Å². The quantitative estimate of drug-likeness (QED) is 0.613. The van der Waals surface area contributed by atoms with Crippen LogP contribution in [0.15, 0.2) is 58.8 Å². The van der Waals surface area contributed by atoms with Crippen molar-refractivity contribution in [3.05, 3.63) is 54.1 Å². The molecule has 2 aromatic carbocycles. The van der Waals surface area contributed by atoms with Crippen LogP contribution < -0.4 is 4.90 Å². The number of rotatable bonds is 5. The molecule has 0 radical (unpaired) electrons. The van der Waals surface area contributed by atoms with Gasteiger partial charge in [-0.05, 0) is 42.0 Å². The molecule has 5 nitrogen and oxygen atoms in total. The van der Waals surface area contributed by atoms with Gasteiger partial charge in [-0.25, -0.2) is 0 Å². The molecule has 114 valence electrons. The first kappa shape index (κ1) is 15.7. The lowest BCUT2D eigenvalue weighted by Crippen LogP contribution is -2.07. The first-order chi connectivity index (χ1) is 10.5. The van der Waals surface area contributed by atoms with E-state index in [1.165, 1.54) is 6.92 Å². The number of anilines is 1. The summed E-state index contributed by atoms with van der Waals surface area (Å²) in [5.74, 6) is -0.298. The van der Waals surface area contributed by atoms with Gasteiger partial charge in [0.1, 0.15) is 6.61 Å². The lowest BCUT2D eigenvalue weighted by molar-refractivity contribution is -0.142. The first-order valence-electron chi connectivity index (χ1n) is 6.96. The van der Waals surface area contributed by atoms with Gasteiger partial charge in [0.25, 0.3) is 0 Å². The molecule has 0 N–H and O–H groups in total. The molecule has 0 aromatic heterocycles. The number of hydrogen-bond acceptors (Lipinski definition) is 5. The van der Waals surface area contributed by atoms with Crippen LogP contribution in [0.25, 0.3) is 0 Å². The molecule has 0 aliphatic carbocycles. The monoisotopic (exact) mass is 297 g/mol. The Morgan fingerprint density at radius 3 is 2.36 bits per heavy atom. The van der Waals surface area contributed by atoms with E-state index in [0.717, 1.165) is 22.6 Å². The van der Waals surface area contributed by atoms with Crippen LogP contribution in [0.4, 0.5) is 17.1 Å². The summed E-state index contributed by atoms with van der Waals surface area (Å²) in [5.41, 5.74) is 3.51. The highest BCUT2D eigenvalue weighted by atomic mass is 16.5. The molecular weight excluding hydrogens is 278 g/mol. The number of carbonyl (C=O) groups excluding carboxylic acids is 1. The van der Waals surface area contributed by atoms with Crippen molar-refractivity contribution in [1.29, 1.82) is 0 Å². The fourth-order valence-corrected chi connectivity index (χ4v) is 1.83. The van der Waals surface area contributed by atoms with Gasteiger partial charge in [-0.1, -0.05) is 12.1 Å². The summed E-state index contributed by atoms with van der Waals surface area (Å²) in [6.45, 7) is 1.64. The summed E-state index contributed by atoms with van der Waals surface area (Å²) in [6.07, 6.45) is 0. The van der Waals surface area contributed by atoms with Gasteiger partial charge in [-0.2, -0.15) is 10.2 Å². The Morgan fingerprint density at radius 2 is 1.73 bits per heavy atom. The number of hydrogen-bond donors (Lipinski definition) is 0. The van der Waals surface area contributed by atoms with E-state index in [-0.39, 0.29) is 12.6 Å². The third kappa shape index (κ3) is 4.70. The molecule has 0 unspecified atom stereocenters. The van der Waals surface area contributed by atoms with Crippen LogP contribution in [0.3, 0.4) is 0 Å². The zero-order chi connectivity index (χ0) is 15.9. The maximum absolute atomic E-state index is 10.8. The smallest absolute Gasteiger partial charge is 0.302 e. The van der Waals surface area contributed by atoms with Crippen LogP contribution in [0.1, 0.15) is 12.5 Å². The Hall–Kier alpha value is -2.69. The zero-order valence-electron chi connectivity index (χ0n) is 13.0. The largest absolute Gasteiger partial charge is 0.461 e. The number of ether oxygens (including phenoxy) is 1. The van der Waals surface area contributed by atoms with Crippen molar-refractivity contribution in [3.63, 3.8) is 0 Å². The molecule has 0 aliphatic heterocycles. The minimum Gasteiger partial charge on any atom is -0.461 e. The summed E-state index contributed by atoms with van der Waals surface area (Å²) >= 11 is 0. The molecule has 0 saturated carbocycles. The highest BCUT2D eigenvalue weighted by Crippen LogP contribution is 2.22. The summed E-state index contributed by atoms with van der Waals surface area (Å²) in [4.78, 5) is 12.8. The van der Waals surface area contributed by atoms with Gasteiger partial charge in [0, 0.05) is 26.7 Å². The highest BCUT2D eigenvalue weighted by Gasteiger charge is 1.99. The predicted molar refractivity (Wildman–Crippen MR) is 86.9 cm³/mol. The number of nitrogens with zero attached hydrogens (tertiary/aromatic N) is 3. The number of azo groups is 1. The van der Waals surface area contributed by atoms with E-state index in [9.17, 15) is 4.79 Å². The summed E-state index contributed by atoms with van der Waals surface area (Å²) in [7, 11) is 3.98. The summed E-state index contributed by atoms with van der Waals surface area (Å²) < 4.78 is 4.97. The van der Waals surface area contributed by atoms with Gasteiger partial charge < -0.3 is 9.64 Å². The fraction of sp³-hybridized carbons (Fsp3) is 0.235. The molecule has 0 amide bonds. The highest BCUT2D eigenvalue weighted by molar-refractivity contribution is 5.66. The minimum absolute atomic E-state index is 0.246. The van der Waals surface area contributed by atoms with Crippen LogP contribution >= 0.6 is 0 Å². The predicted octanol–water partition coefficient (Wildman–Crippen LogP) is 4.23. The Balaban J connectivity index is 2.06. The van der Waals surface area contributed by atoms with Crippen LogP contribution in [0.2, 0.25) is 0 Å². The van der Waals surface area contributed by atoms with E-state index >= 15 is 0 Å². The van der Waals surface area contributed by atoms with Crippen LogP contribution in [0, 0.1) is 0 Å². The number of carbonyl (C=O) groups is 1. The fourth-order valence-electron chi connectivity index (χ4n) is 1.83. The first-order valence-corrected chi connectivity index (χ1v) is 6.96. The van der Waals surface area contributed by atoms with Crippen molar-refractivity contribution in [1.82, 2.24) is 0 Å². The van der Waals surface area contributed by atoms with Crippen molar-refractivity contribution in [2.45, 2.75) is 13.5 Å². The number of benzene rings is 2. The van der Waals surface area contributed by atoms with Crippen molar-refractivity contribution in [3.8, 4) is 0 Å². The van der Waals surface area contributed by atoms with Gasteiger partial charge in [-0.15, -0.1) is 0 Å². The maximum Gasteiger partial charge on any atom is 0.302 e. The van der Waals surface area contributed by atoms with Crippen molar-refractivity contribution >= 4 is 23.0 Å². The van der Waals surface area contributed by atoms with Crippen LogP contribution in [-0.4, -0.2) is 20.1 Å². The minimum atomic E-state index is -0.298. The molecule has 2 rings (SSSR count). The Morgan fingerprint density at radius 1 is 1.05 bits per heavy atom. The van der Waals surface area contributed by atoms with E-state index in [1.807, 2.05) is 67.5 Å². The van der Waals surface area contributed by atoms with Gasteiger partial charge in [0.05, 0.1) is 11.4 Å². The van der Waals surface area contributed by atoms with Crippen LogP contribution in [-0.2, 0) is 16.1 Å². The molecule has 22 heavy (non-hydrogen) atoms. The summed E-state index contributed by atoms with van der Waals surface area (Å²) in [5, 5.41) is 8.42. The SMILES string of the molecule is CC(=O)OCc1cccc(N=Nc2ccc(N(C)C)cc2)c1. The molecular formula is C17H19N3O2. The van der Waals surface area contributed by atoms with E-state index in [4.69, 9.17) is 4.74 Å². The third-order valence-corrected chi connectivity index (χ3v) is 3.00. The topological polar surface area (TPSA) is 54.3 Å². The molecule has 0 atom stereocenters. The Labute approximate surface area is 130 Å². The zero-order valence-corrected chi connectivity index (χ0v) is 13.0. The maximum atomic E-state index is 10.8. The second-order valence-electron chi connectivity index (χ2n) is 5.06. The molecule has 0 saturated heterocycles. The van der Waals surface area contributed by atoms with E-state index in [2.05, 4.69) is 10.2 Å².